The molecule has 2 heterocycles. The molecule has 0 aromatic heterocycles. The van der Waals surface area contributed by atoms with Gasteiger partial charge in [-0.3, -0.25) is 24.1 Å². The molecule has 1 N–H and O–H groups in total. The van der Waals surface area contributed by atoms with Crippen molar-refractivity contribution in [2.75, 3.05) is 23.6 Å². The Kier molecular flexibility index (Phi) is 7.29. The molecule has 0 fully saturated rings. The highest BCUT2D eigenvalue weighted by Crippen LogP contribution is 2.35. The van der Waals surface area contributed by atoms with Gasteiger partial charge in [0.25, 0.3) is 17.6 Å². The number of hydrogen-bond donors (Lipinski definition) is 1. The third-order valence-electron chi connectivity index (χ3n) is 7.14. The van der Waals surface area contributed by atoms with Crippen molar-refractivity contribution in [3.05, 3.63) is 119 Å². The van der Waals surface area contributed by atoms with Crippen LogP contribution in [0.4, 0.5) is 20.2 Å². The molecule has 0 radical (unpaired) electrons. The van der Waals surface area contributed by atoms with Crippen molar-refractivity contribution >= 4 is 34.9 Å². The van der Waals surface area contributed by atoms with E-state index in [1.54, 1.807) is 36.4 Å². The van der Waals surface area contributed by atoms with Gasteiger partial charge in [-0.1, -0.05) is 36.4 Å². The second-order valence-corrected chi connectivity index (χ2v) is 9.90. The van der Waals surface area contributed by atoms with Crippen molar-refractivity contribution in [2.45, 2.75) is 12.6 Å². The largest absolute Gasteiger partial charge is 0.454 e. The number of nitrogens with one attached hydrogen (secondary N) is 1. The summed E-state index contributed by atoms with van der Waals surface area (Å²) >= 11 is 0. The highest BCUT2D eigenvalue weighted by molar-refractivity contribution is 6.52. The summed E-state index contributed by atoms with van der Waals surface area (Å²) in [6, 6.07) is 20.2. The molecule has 4 aromatic rings. The van der Waals surface area contributed by atoms with Crippen molar-refractivity contribution in [1.82, 2.24) is 4.90 Å². The molecule has 0 aliphatic carbocycles. The van der Waals surface area contributed by atoms with Crippen LogP contribution in [0, 0.1) is 11.6 Å². The molecule has 1 atom stereocenters. The van der Waals surface area contributed by atoms with Crippen molar-refractivity contribution in [3.63, 3.8) is 0 Å². The Bertz CT molecular complexity index is 1740. The van der Waals surface area contributed by atoms with Gasteiger partial charge in [0.1, 0.15) is 24.2 Å². The predicted octanol–water partition coefficient (Wildman–Crippen LogP) is 4.63. The number of anilines is 2. The fourth-order valence-corrected chi connectivity index (χ4v) is 5.04. The lowest BCUT2D eigenvalue weighted by atomic mass is 10.0. The van der Waals surface area contributed by atoms with E-state index in [0.717, 1.165) is 17.0 Å². The van der Waals surface area contributed by atoms with E-state index in [0.29, 0.717) is 22.7 Å². The fraction of sp³-hybridized carbons (Fsp3) is 0.125. The zero-order chi connectivity index (χ0) is 30.1. The fourth-order valence-electron chi connectivity index (χ4n) is 5.04. The number of fused-ring (bicyclic) bond motifs is 2. The Balaban J connectivity index is 1.38. The van der Waals surface area contributed by atoms with Gasteiger partial charge in [-0.15, -0.1) is 0 Å². The summed E-state index contributed by atoms with van der Waals surface area (Å²) < 4.78 is 38.4. The maximum absolute atomic E-state index is 14.1. The number of benzene rings is 4. The number of halogens is 2. The number of carbonyl (C=O) groups excluding carboxylic acids is 4. The summed E-state index contributed by atoms with van der Waals surface area (Å²) in [6.07, 6.45) is 0. The van der Waals surface area contributed by atoms with E-state index in [-0.39, 0.29) is 30.2 Å². The summed E-state index contributed by atoms with van der Waals surface area (Å²) in [4.78, 5) is 55.8. The molecule has 216 valence electrons. The van der Waals surface area contributed by atoms with Crippen LogP contribution in [0.15, 0.2) is 91.0 Å². The average Bonchev–Trinajstić information content (AvgIpc) is 3.57. The molecular formula is C32H23F2N3O6. The number of nitrogens with zero attached hydrogens (tertiary/aromatic N) is 2. The van der Waals surface area contributed by atoms with Gasteiger partial charge in [-0.25, -0.2) is 8.78 Å². The normalized spacial score (nSPS) is 14.0. The van der Waals surface area contributed by atoms with Crippen molar-refractivity contribution in [2.24, 2.45) is 0 Å². The average molecular weight is 584 g/mol. The van der Waals surface area contributed by atoms with Crippen LogP contribution in [-0.2, 0) is 20.9 Å². The highest BCUT2D eigenvalue weighted by atomic mass is 19.1. The number of para-hydroxylation sites is 1. The van der Waals surface area contributed by atoms with Gasteiger partial charge in [0.05, 0.1) is 11.3 Å². The molecule has 2 aliphatic rings. The van der Waals surface area contributed by atoms with Gasteiger partial charge < -0.3 is 19.7 Å². The van der Waals surface area contributed by atoms with E-state index in [1.807, 2.05) is 0 Å². The van der Waals surface area contributed by atoms with E-state index in [9.17, 15) is 28.0 Å². The van der Waals surface area contributed by atoms with Crippen molar-refractivity contribution in [1.29, 1.82) is 0 Å². The molecule has 0 bridgehead atoms. The summed E-state index contributed by atoms with van der Waals surface area (Å²) in [5.74, 6) is -3.06. The van der Waals surface area contributed by atoms with Gasteiger partial charge >= 0.3 is 0 Å². The maximum Gasteiger partial charge on any atom is 0.299 e. The molecule has 0 saturated carbocycles. The third kappa shape index (κ3) is 5.52. The Labute approximate surface area is 244 Å². The number of ether oxygens (including phenoxy) is 2. The Morgan fingerprint density at radius 2 is 1.53 bits per heavy atom. The summed E-state index contributed by atoms with van der Waals surface area (Å²) in [7, 11) is 0. The SMILES string of the molecule is O=C1C(=O)N(CC(=O)N(Cc2ccc(F)cc2)C(C(=O)Nc2ccc3c(c2)OCO3)c2ccc(F)cc2)c2ccccc21. The lowest BCUT2D eigenvalue weighted by Crippen LogP contribution is -2.46. The highest BCUT2D eigenvalue weighted by Gasteiger charge is 2.39. The van der Waals surface area contributed by atoms with Crippen LogP contribution in [-0.4, -0.2) is 41.7 Å². The Morgan fingerprint density at radius 3 is 2.28 bits per heavy atom. The quantitative estimate of drug-likeness (QED) is 0.304. The Hall–Kier alpha value is -5.58. The van der Waals surface area contributed by atoms with Crippen molar-refractivity contribution in [3.8, 4) is 11.5 Å². The number of ketones is 1. The van der Waals surface area contributed by atoms with Gasteiger partial charge in [-0.05, 0) is 59.7 Å². The molecule has 43 heavy (non-hydrogen) atoms. The molecule has 1 unspecified atom stereocenters. The smallest absolute Gasteiger partial charge is 0.299 e. The maximum atomic E-state index is 14.1. The minimum atomic E-state index is -1.33. The molecule has 11 heteroatoms. The van der Waals surface area contributed by atoms with E-state index in [4.69, 9.17) is 9.47 Å². The zero-order valence-electron chi connectivity index (χ0n) is 22.5. The molecule has 6 rings (SSSR count). The number of amides is 3. The van der Waals surface area contributed by atoms with Crippen LogP contribution in [0.2, 0.25) is 0 Å². The molecule has 3 amide bonds. The number of rotatable bonds is 8. The third-order valence-corrected chi connectivity index (χ3v) is 7.14. The van der Waals surface area contributed by atoms with E-state index < -0.39 is 47.7 Å². The molecule has 2 aliphatic heterocycles. The first kappa shape index (κ1) is 27.6. The van der Waals surface area contributed by atoms with E-state index >= 15 is 0 Å². The standard InChI is InChI=1S/C32H23F2N3O6/c33-21-9-5-19(6-10-21)16-37(28(38)17-36-25-4-2-1-3-24(25)30(39)32(36)41)29(20-7-11-22(34)12-8-20)31(40)35-23-13-14-26-27(15-23)43-18-42-26/h1-15,29H,16-18H2,(H,35,40). The van der Waals surface area contributed by atoms with Crippen LogP contribution in [0.25, 0.3) is 0 Å². The number of hydrogen-bond acceptors (Lipinski definition) is 6. The van der Waals surface area contributed by atoms with Crippen LogP contribution in [0.1, 0.15) is 27.5 Å². The molecule has 4 aromatic carbocycles. The second-order valence-electron chi connectivity index (χ2n) is 9.90. The predicted molar refractivity (Wildman–Crippen MR) is 150 cm³/mol. The minimum Gasteiger partial charge on any atom is -0.454 e. The second kappa shape index (κ2) is 11.4. The van der Waals surface area contributed by atoms with Gasteiger partial charge in [-0.2, -0.15) is 0 Å². The molecular weight excluding hydrogens is 560 g/mol. The summed E-state index contributed by atoms with van der Waals surface area (Å²) in [5, 5.41) is 2.78. The number of carbonyl (C=O) groups is 4. The first-order chi connectivity index (χ1) is 20.8. The van der Waals surface area contributed by atoms with E-state index in [1.165, 1.54) is 47.4 Å². The summed E-state index contributed by atoms with van der Waals surface area (Å²) in [5.41, 5.74) is 1.56. The molecule has 0 spiro atoms. The van der Waals surface area contributed by atoms with Crippen LogP contribution < -0.4 is 19.7 Å². The monoisotopic (exact) mass is 583 g/mol. The zero-order valence-corrected chi connectivity index (χ0v) is 22.5. The van der Waals surface area contributed by atoms with Gasteiger partial charge in [0.15, 0.2) is 11.5 Å². The van der Waals surface area contributed by atoms with Crippen molar-refractivity contribution < 1.29 is 37.4 Å². The Morgan fingerprint density at radius 1 is 0.860 bits per heavy atom. The minimum absolute atomic E-state index is 0.0335. The van der Waals surface area contributed by atoms with Crippen LogP contribution >= 0.6 is 0 Å². The summed E-state index contributed by atoms with van der Waals surface area (Å²) in [6.45, 7) is -0.698. The topological polar surface area (TPSA) is 105 Å². The lowest BCUT2D eigenvalue weighted by molar-refractivity contribution is -0.139. The first-order valence-corrected chi connectivity index (χ1v) is 13.2. The van der Waals surface area contributed by atoms with Gasteiger partial charge in [0, 0.05) is 18.3 Å². The van der Waals surface area contributed by atoms with Crippen LogP contribution in [0.5, 0.6) is 11.5 Å². The lowest BCUT2D eigenvalue weighted by Gasteiger charge is -2.33. The van der Waals surface area contributed by atoms with Crippen LogP contribution in [0.3, 0.4) is 0 Å². The van der Waals surface area contributed by atoms with E-state index in [2.05, 4.69) is 5.32 Å². The number of Topliss-reactive ketones (excluding diaryl/α,β-unsaturated/α-hetero) is 1. The molecule has 0 saturated heterocycles. The molecule has 9 nitrogen and oxygen atoms in total. The van der Waals surface area contributed by atoms with Gasteiger partial charge in [0.2, 0.25) is 12.7 Å². The first-order valence-electron chi connectivity index (χ1n) is 13.2.